The lowest BCUT2D eigenvalue weighted by Crippen LogP contribution is -2.17. The summed E-state index contributed by atoms with van der Waals surface area (Å²) in [5, 5.41) is 0.595. The minimum Gasteiger partial charge on any atom is -0.496 e. The lowest BCUT2D eigenvalue weighted by molar-refractivity contribution is -0.137. The molecular formula is C13H13NO4. The van der Waals surface area contributed by atoms with Gasteiger partial charge in [0.15, 0.2) is 0 Å². The molecule has 5 nitrogen and oxygen atoms in total. The van der Waals surface area contributed by atoms with Crippen LogP contribution in [0.3, 0.4) is 0 Å². The summed E-state index contributed by atoms with van der Waals surface area (Å²) in [4.78, 5) is 26.3. The number of methoxy groups -OCH3 is 1. The predicted octanol–water partition coefficient (Wildman–Crippen LogP) is 1.92. The summed E-state index contributed by atoms with van der Waals surface area (Å²) in [6.45, 7) is 1.82. The van der Waals surface area contributed by atoms with Gasteiger partial charge in [-0.15, -0.1) is 0 Å². The van der Waals surface area contributed by atoms with Gasteiger partial charge in [0.1, 0.15) is 5.75 Å². The zero-order valence-corrected chi connectivity index (χ0v) is 10.1. The van der Waals surface area contributed by atoms with Crippen LogP contribution in [0.5, 0.6) is 5.75 Å². The zero-order valence-electron chi connectivity index (χ0n) is 10.1. The number of carbonyl (C=O) groups excluding carboxylic acids is 2. The van der Waals surface area contributed by atoms with Gasteiger partial charge in [-0.3, -0.25) is 4.79 Å². The molecule has 0 saturated heterocycles. The Hall–Kier alpha value is -2.30. The van der Waals surface area contributed by atoms with Crippen molar-refractivity contribution < 1.29 is 19.1 Å². The van der Waals surface area contributed by atoms with E-state index in [0.717, 1.165) is 5.52 Å². The first-order valence-corrected chi connectivity index (χ1v) is 5.54. The number of H-pyrrole nitrogens is 1. The molecule has 0 spiro atoms. The fourth-order valence-corrected chi connectivity index (χ4v) is 1.81. The van der Waals surface area contributed by atoms with Crippen LogP contribution >= 0.6 is 0 Å². The van der Waals surface area contributed by atoms with Gasteiger partial charge in [0, 0.05) is 11.7 Å². The highest BCUT2D eigenvalue weighted by Gasteiger charge is 2.22. The van der Waals surface area contributed by atoms with Crippen molar-refractivity contribution in [3.8, 4) is 5.75 Å². The number of fused-ring (bicyclic) bond motifs is 1. The van der Waals surface area contributed by atoms with Crippen molar-refractivity contribution in [2.24, 2.45) is 0 Å². The average molecular weight is 247 g/mol. The maximum atomic E-state index is 11.9. The Morgan fingerprint density at radius 2 is 2.11 bits per heavy atom. The zero-order chi connectivity index (χ0) is 13.1. The van der Waals surface area contributed by atoms with Gasteiger partial charge in [-0.1, -0.05) is 6.07 Å². The first kappa shape index (κ1) is 12.2. The summed E-state index contributed by atoms with van der Waals surface area (Å²) < 4.78 is 9.90. The highest BCUT2D eigenvalue weighted by molar-refractivity contribution is 6.43. The lowest BCUT2D eigenvalue weighted by Gasteiger charge is -2.04. The molecular weight excluding hydrogens is 234 g/mol. The second-order valence-electron chi connectivity index (χ2n) is 3.63. The van der Waals surface area contributed by atoms with E-state index in [0.29, 0.717) is 11.1 Å². The summed E-state index contributed by atoms with van der Waals surface area (Å²) in [5.41, 5.74) is 1.00. The van der Waals surface area contributed by atoms with Crippen LogP contribution in [-0.2, 0) is 9.53 Å². The molecule has 0 saturated carbocycles. The number of ketones is 1. The van der Waals surface area contributed by atoms with E-state index in [1.807, 2.05) is 0 Å². The van der Waals surface area contributed by atoms with Gasteiger partial charge in [-0.25, -0.2) is 4.79 Å². The SMILES string of the molecule is CCOC(=O)C(=O)c1c[nH]c2cccc(OC)c12. The molecule has 0 aliphatic rings. The quantitative estimate of drug-likeness (QED) is 0.509. The minimum atomic E-state index is -0.857. The van der Waals surface area contributed by atoms with Gasteiger partial charge in [-0.2, -0.15) is 0 Å². The Balaban J connectivity index is 2.51. The fraction of sp³-hybridized carbons (Fsp3) is 0.231. The van der Waals surface area contributed by atoms with E-state index in [1.165, 1.54) is 13.3 Å². The number of benzene rings is 1. The highest BCUT2D eigenvalue weighted by Crippen LogP contribution is 2.28. The molecule has 1 N–H and O–H groups in total. The van der Waals surface area contributed by atoms with Crippen LogP contribution in [0, 0.1) is 0 Å². The van der Waals surface area contributed by atoms with E-state index in [2.05, 4.69) is 4.98 Å². The van der Waals surface area contributed by atoms with Crippen molar-refractivity contribution in [1.82, 2.24) is 4.98 Å². The molecule has 2 aromatic rings. The highest BCUT2D eigenvalue weighted by atomic mass is 16.5. The Morgan fingerprint density at radius 3 is 2.78 bits per heavy atom. The van der Waals surface area contributed by atoms with E-state index in [1.54, 1.807) is 25.1 Å². The number of nitrogens with one attached hydrogen (secondary N) is 1. The van der Waals surface area contributed by atoms with E-state index >= 15 is 0 Å². The average Bonchev–Trinajstić information content (AvgIpc) is 2.81. The second-order valence-corrected chi connectivity index (χ2v) is 3.63. The number of carbonyl (C=O) groups is 2. The Labute approximate surface area is 104 Å². The Kier molecular flexibility index (Phi) is 3.32. The van der Waals surface area contributed by atoms with Crippen LogP contribution in [0.4, 0.5) is 0 Å². The molecule has 2 rings (SSSR count). The molecule has 0 bridgehead atoms. The van der Waals surface area contributed by atoms with Crippen LogP contribution in [0.25, 0.3) is 10.9 Å². The monoisotopic (exact) mass is 247 g/mol. The number of hydrogen-bond acceptors (Lipinski definition) is 4. The van der Waals surface area contributed by atoms with Crippen molar-refractivity contribution in [3.05, 3.63) is 30.0 Å². The van der Waals surface area contributed by atoms with Gasteiger partial charge < -0.3 is 14.5 Å². The number of rotatable bonds is 4. The number of hydrogen-bond donors (Lipinski definition) is 1. The lowest BCUT2D eigenvalue weighted by atomic mass is 10.1. The third kappa shape index (κ3) is 1.95. The van der Waals surface area contributed by atoms with E-state index in [4.69, 9.17) is 9.47 Å². The normalized spacial score (nSPS) is 10.3. The summed E-state index contributed by atoms with van der Waals surface area (Å²) >= 11 is 0. The van der Waals surface area contributed by atoms with E-state index in [9.17, 15) is 9.59 Å². The topological polar surface area (TPSA) is 68.4 Å². The van der Waals surface area contributed by atoms with Crippen molar-refractivity contribution in [2.75, 3.05) is 13.7 Å². The molecule has 1 aromatic carbocycles. The summed E-state index contributed by atoms with van der Waals surface area (Å²) in [7, 11) is 1.51. The number of aromatic amines is 1. The van der Waals surface area contributed by atoms with Crippen LogP contribution in [0.2, 0.25) is 0 Å². The van der Waals surface area contributed by atoms with E-state index < -0.39 is 11.8 Å². The van der Waals surface area contributed by atoms with Gasteiger partial charge in [0.05, 0.1) is 24.7 Å². The van der Waals surface area contributed by atoms with Crippen molar-refractivity contribution >= 4 is 22.7 Å². The van der Waals surface area contributed by atoms with E-state index in [-0.39, 0.29) is 12.2 Å². The molecule has 18 heavy (non-hydrogen) atoms. The molecule has 1 heterocycles. The third-order valence-corrected chi connectivity index (χ3v) is 2.59. The van der Waals surface area contributed by atoms with Gasteiger partial charge in [0.25, 0.3) is 5.78 Å². The van der Waals surface area contributed by atoms with Crippen LogP contribution in [0.15, 0.2) is 24.4 Å². The maximum Gasteiger partial charge on any atom is 0.379 e. The van der Waals surface area contributed by atoms with Gasteiger partial charge >= 0.3 is 5.97 Å². The van der Waals surface area contributed by atoms with Crippen molar-refractivity contribution in [2.45, 2.75) is 6.92 Å². The van der Waals surface area contributed by atoms with Crippen molar-refractivity contribution in [3.63, 3.8) is 0 Å². The van der Waals surface area contributed by atoms with Crippen LogP contribution in [0.1, 0.15) is 17.3 Å². The molecule has 0 aliphatic carbocycles. The second kappa shape index (κ2) is 4.91. The summed E-state index contributed by atoms with van der Waals surface area (Å²) in [6.07, 6.45) is 1.49. The van der Waals surface area contributed by atoms with Gasteiger partial charge in [0.2, 0.25) is 0 Å². The molecule has 0 unspecified atom stereocenters. The summed E-state index contributed by atoms with van der Waals surface area (Å²) in [5.74, 6) is -0.988. The van der Waals surface area contributed by atoms with Gasteiger partial charge in [-0.05, 0) is 19.1 Å². The van der Waals surface area contributed by atoms with Crippen LogP contribution < -0.4 is 4.74 Å². The third-order valence-electron chi connectivity index (χ3n) is 2.59. The molecule has 0 amide bonds. The molecule has 5 heteroatoms. The largest absolute Gasteiger partial charge is 0.496 e. The smallest absolute Gasteiger partial charge is 0.379 e. The summed E-state index contributed by atoms with van der Waals surface area (Å²) in [6, 6.07) is 5.34. The minimum absolute atomic E-state index is 0.171. The predicted molar refractivity (Wildman–Crippen MR) is 65.8 cm³/mol. The molecule has 0 aliphatic heterocycles. The van der Waals surface area contributed by atoms with Crippen molar-refractivity contribution in [1.29, 1.82) is 0 Å². The number of esters is 1. The number of aromatic nitrogens is 1. The van der Waals surface area contributed by atoms with Crippen LogP contribution in [-0.4, -0.2) is 30.5 Å². The fourth-order valence-electron chi connectivity index (χ4n) is 1.81. The molecule has 0 radical (unpaired) electrons. The Bertz CT molecular complexity index is 600. The molecule has 0 fully saturated rings. The maximum absolute atomic E-state index is 11.9. The molecule has 1 aromatic heterocycles. The number of Topliss-reactive ketones (excluding diaryl/α,β-unsaturated/α-hetero) is 1. The molecule has 0 atom stereocenters. The first-order valence-electron chi connectivity index (χ1n) is 5.54. The Morgan fingerprint density at radius 1 is 1.33 bits per heavy atom. The number of ether oxygens (including phenoxy) is 2. The first-order chi connectivity index (χ1) is 8.69. The molecule has 94 valence electrons. The standard InChI is InChI=1S/C13H13NO4/c1-3-18-13(16)12(15)8-7-14-9-5-4-6-10(17-2)11(8)9/h4-7,14H,3H2,1-2H3.